The Balaban J connectivity index is 1.48. The second-order valence-corrected chi connectivity index (χ2v) is 7.09. The number of piperidine rings is 1. The maximum absolute atomic E-state index is 12.4. The lowest BCUT2D eigenvalue weighted by molar-refractivity contribution is -0.135. The van der Waals surface area contributed by atoms with Crippen LogP contribution in [0.4, 0.5) is 0 Å². The molecule has 0 radical (unpaired) electrons. The van der Waals surface area contributed by atoms with Gasteiger partial charge in [-0.2, -0.15) is 0 Å². The van der Waals surface area contributed by atoms with Gasteiger partial charge >= 0.3 is 0 Å². The van der Waals surface area contributed by atoms with Gasteiger partial charge in [-0.15, -0.1) is 0 Å². The van der Waals surface area contributed by atoms with Crippen molar-refractivity contribution in [3.8, 4) is 11.5 Å². The summed E-state index contributed by atoms with van der Waals surface area (Å²) >= 11 is 6.05. The molecule has 1 saturated heterocycles. The molecule has 1 aliphatic rings. The van der Waals surface area contributed by atoms with Crippen LogP contribution in [0.5, 0.6) is 11.5 Å². The van der Waals surface area contributed by atoms with Crippen LogP contribution in [0.15, 0.2) is 42.5 Å². The second kappa shape index (κ2) is 8.45. The first-order valence-corrected chi connectivity index (χ1v) is 9.30. The van der Waals surface area contributed by atoms with Crippen molar-refractivity contribution in [1.82, 2.24) is 4.90 Å². The molecular weight excluding hydrogens is 350 g/mol. The smallest absolute Gasteiger partial charge is 0.260 e. The van der Waals surface area contributed by atoms with Crippen molar-refractivity contribution in [3.05, 3.63) is 58.6 Å². The summed E-state index contributed by atoms with van der Waals surface area (Å²) in [7, 11) is 0. The van der Waals surface area contributed by atoms with Gasteiger partial charge in [0.25, 0.3) is 5.91 Å². The highest BCUT2D eigenvalue weighted by molar-refractivity contribution is 6.32. The number of hydrogen-bond donors (Lipinski definition) is 0. The van der Waals surface area contributed by atoms with Crippen LogP contribution in [0, 0.1) is 13.8 Å². The number of benzene rings is 2. The number of likely N-dealkylation sites (tertiary alicyclic amines) is 1. The monoisotopic (exact) mass is 373 g/mol. The summed E-state index contributed by atoms with van der Waals surface area (Å²) in [5.41, 5.74) is 2.33. The highest BCUT2D eigenvalue weighted by Gasteiger charge is 2.24. The van der Waals surface area contributed by atoms with Crippen LogP contribution in [-0.4, -0.2) is 36.6 Å². The first kappa shape index (κ1) is 18.6. The number of nitrogens with zero attached hydrogens (tertiary/aromatic N) is 1. The molecule has 0 spiro atoms. The van der Waals surface area contributed by atoms with Crippen molar-refractivity contribution >= 4 is 17.5 Å². The number of halogens is 1. The Labute approximate surface area is 159 Å². The van der Waals surface area contributed by atoms with E-state index in [2.05, 4.69) is 32.0 Å². The predicted octanol–water partition coefficient (Wildman–Crippen LogP) is 4.41. The molecule has 3 rings (SSSR count). The lowest BCUT2D eigenvalue weighted by Crippen LogP contribution is -2.43. The van der Waals surface area contributed by atoms with Crippen LogP contribution in [-0.2, 0) is 4.79 Å². The van der Waals surface area contributed by atoms with Crippen LogP contribution in [0.25, 0.3) is 0 Å². The number of carbonyl (C=O) groups is 1. The molecule has 0 N–H and O–H groups in total. The highest BCUT2D eigenvalue weighted by Crippen LogP contribution is 2.25. The van der Waals surface area contributed by atoms with Crippen LogP contribution >= 0.6 is 11.6 Å². The minimum absolute atomic E-state index is 0.00620. The Morgan fingerprint density at radius 1 is 1.12 bits per heavy atom. The fourth-order valence-corrected chi connectivity index (χ4v) is 3.22. The number of para-hydroxylation sites is 1. The number of aryl methyl sites for hydroxylation is 2. The Morgan fingerprint density at radius 3 is 2.58 bits per heavy atom. The molecule has 0 atom stereocenters. The fourth-order valence-electron chi connectivity index (χ4n) is 3.03. The van der Waals surface area contributed by atoms with Gasteiger partial charge in [-0.1, -0.05) is 35.9 Å². The molecular formula is C21H24ClNO3. The summed E-state index contributed by atoms with van der Waals surface area (Å²) in [5, 5.41) is 0.515. The normalized spacial score (nSPS) is 15.0. The maximum Gasteiger partial charge on any atom is 0.260 e. The third-order valence-electron chi connectivity index (χ3n) is 4.62. The first-order valence-electron chi connectivity index (χ1n) is 8.92. The number of amides is 1. The van der Waals surface area contributed by atoms with Gasteiger partial charge in [0.1, 0.15) is 17.6 Å². The van der Waals surface area contributed by atoms with Gasteiger partial charge in [-0.05, 0) is 43.2 Å². The lowest BCUT2D eigenvalue weighted by atomic mass is 10.1. The predicted molar refractivity (Wildman–Crippen MR) is 103 cm³/mol. The minimum Gasteiger partial charge on any atom is -0.490 e. The molecule has 1 heterocycles. The van der Waals surface area contributed by atoms with Crippen molar-refractivity contribution in [2.45, 2.75) is 32.8 Å². The molecule has 0 aliphatic carbocycles. The zero-order valence-corrected chi connectivity index (χ0v) is 16.0. The van der Waals surface area contributed by atoms with Gasteiger partial charge in [-0.3, -0.25) is 4.79 Å². The van der Waals surface area contributed by atoms with E-state index in [1.807, 2.05) is 17.0 Å². The maximum atomic E-state index is 12.4. The molecule has 26 heavy (non-hydrogen) atoms. The molecule has 0 aromatic heterocycles. The summed E-state index contributed by atoms with van der Waals surface area (Å²) < 4.78 is 11.7. The zero-order chi connectivity index (χ0) is 18.5. The zero-order valence-electron chi connectivity index (χ0n) is 15.2. The highest BCUT2D eigenvalue weighted by atomic mass is 35.5. The summed E-state index contributed by atoms with van der Waals surface area (Å²) in [6, 6.07) is 13.4. The molecule has 138 valence electrons. The molecule has 0 unspecified atom stereocenters. The van der Waals surface area contributed by atoms with Crippen LogP contribution in [0.3, 0.4) is 0 Å². The standard InChI is InChI=1S/C21H24ClNO3/c1-15-7-8-16(2)20(13-15)26-17-9-11-23(12-10-17)21(24)14-25-19-6-4-3-5-18(19)22/h3-8,13,17H,9-12,14H2,1-2H3. The Hall–Kier alpha value is -2.20. The first-order chi connectivity index (χ1) is 12.5. The van der Waals surface area contributed by atoms with Gasteiger partial charge in [0.2, 0.25) is 0 Å². The van der Waals surface area contributed by atoms with Crippen molar-refractivity contribution in [2.75, 3.05) is 19.7 Å². The van der Waals surface area contributed by atoms with E-state index in [1.165, 1.54) is 5.56 Å². The topological polar surface area (TPSA) is 38.8 Å². The largest absolute Gasteiger partial charge is 0.490 e. The summed E-state index contributed by atoms with van der Waals surface area (Å²) in [6.45, 7) is 5.48. The average Bonchev–Trinajstić information content (AvgIpc) is 2.64. The van der Waals surface area contributed by atoms with Gasteiger partial charge in [0, 0.05) is 25.9 Å². The van der Waals surface area contributed by atoms with Crippen molar-refractivity contribution < 1.29 is 14.3 Å². The lowest BCUT2D eigenvalue weighted by Gasteiger charge is -2.32. The molecule has 0 bridgehead atoms. The second-order valence-electron chi connectivity index (χ2n) is 6.69. The number of ether oxygens (including phenoxy) is 2. The van der Waals surface area contributed by atoms with Crippen LogP contribution in [0.1, 0.15) is 24.0 Å². The summed E-state index contributed by atoms with van der Waals surface area (Å²) in [4.78, 5) is 14.2. The molecule has 5 heteroatoms. The van der Waals surface area contributed by atoms with E-state index in [1.54, 1.807) is 12.1 Å². The van der Waals surface area contributed by atoms with Crippen LogP contribution in [0.2, 0.25) is 5.02 Å². The van der Waals surface area contributed by atoms with E-state index in [4.69, 9.17) is 21.1 Å². The molecule has 4 nitrogen and oxygen atoms in total. The Morgan fingerprint density at radius 2 is 1.85 bits per heavy atom. The molecule has 1 fully saturated rings. The molecule has 2 aromatic carbocycles. The molecule has 1 aliphatic heterocycles. The van der Waals surface area contributed by atoms with Crippen LogP contribution < -0.4 is 9.47 Å². The Bertz CT molecular complexity index is 770. The van der Waals surface area contributed by atoms with E-state index in [0.29, 0.717) is 23.9 Å². The SMILES string of the molecule is Cc1ccc(C)c(OC2CCN(C(=O)COc3ccccc3Cl)CC2)c1. The molecule has 1 amide bonds. The van der Waals surface area contributed by atoms with E-state index < -0.39 is 0 Å². The van der Waals surface area contributed by atoms with Crippen molar-refractivity contribution in [1.29, 1.82) is 0 Å². The summed E-state index contributed by atoms with van der Waals surface area (Å²) in [6.07, 6.45) is 1.79. The van der Waals surface area contributed by atoms with Gasteiger partial charge in [0.15, 0.2) is 6.61 Å². The van der Waals surface area contributed by atoms with Gasteiger partial charge in [-0.25, -0.2) is 0 Å². The van der Waals surface area contributed by atoms with E-state index in [0.717, 1.165) is 24.2 Å². The molecule has 2 aromatic rings. The van der Waals surface area contributed by atoms with E-state index in [9.17, 15) is 4.79 Å². The van der Waals surface area contributed by atoms with Crippen molar-refractivity contribution in [2.24, 2.45) is 0 Å². The third kappa shape index (κ3) is 4.70. The fraction of sp³-hybridized carbons (Fsp3) is 0.381. The van der Waals surface area contributed by atoms with E-state index in [-0.39, 0.29) is 18.6 Å². The third-order valence-corrected chi connectivity index (χ3v) is 4.93. The number of rotatable bonds is 5. The summed E-state index contributed by atoms with van der Waals surface area (Å²) in [5.74, 6) is 1.46. The Kier molecular flexibility index (Phi) is 6.04. The minimum atomic E-state index is -0.0184. The van der Waals surface area contributed by atoms with Gasteiger partial charge in [0.05, 0.1) is 5.02 Å². The average molecular weight is 374 g/mol. The van der Waals surface area contributed by atoms with Crippen molar-refractivity contribution in [3.63, 3.8) is 0 Å². The van der Waals surface area contributed by atoms with E-state index >= 15 is 0 Å². The molecule has 0 saturated carbocycles. The quantitative estimate of drug-likeness (QED) is 0.779. The van der Waals surface area contributed by atoms with Gasteiger partial charge < -0.3 is 14.4 Å². The number of carbonyl (C=O) groups excluding carboxylic acids is 1. The number of hydrogen-bond acceptors (Lipinski definition) is 3.